The van der Waals surface area contributed by atoms with E-state index in [-0.39, 0.29) is 0 Å². The number of nitrogens with zero attached hydrogens (tertiary/aromatic N) is 5. The van der Waals surface area contributed by atoms with Crippen molar-refractivity contribution in [3.63, 3.8) is 0 Å². The summed E-state index contributed by atoms with van der Waals surface area (Å²) in [5, 5.41) is 20.0. The molecule has 1 N–H and O–H groups in total. The molecule has 4 rings (SSSR count). The van der Waals surface area contributed by atoms with Crippen LogP contribution in [0, 0.1) is 6.92 Å². The molecule has 1 aromatic carbocycles. The molecule has 3 aromatic heterocycles. The molecule has 0 aliphatic carbocycles. The monoisotopic (exact) mass is 491 g/mol. The van der Waals surface area contributed by atoms with Crippen molar-refractivity contribution in [3.8, 4) is 22.8 Å². The largest absolute Gasteiger partial charge is 0.411 e. The van der Waals surface area contributed by atoms with Gasteiger partial charge in [0.2, 0.25) is 17.6 Å². The predicted molar refractivity (Wildman–Crippen MR) is 132 cm³/mol. The quantitative estimate of drug-likeness (QED) is 0.313. The van der Waals surface area contributed by atoms with Gasteiger partial charge in [-0.25, -0.2) is 0 Å². The summed E-state index contributed by atoms with van der Waals surface area (Å²) in [5.74, 6) is 1.75. The molecule has 0 saturated carbocycles. The molecule has 0 atom stereocenters. The third kappa shape index (κ3) is 8.95. The topological polar surface area (TPSA) is 111 Å². The summed E-state index contributed by atoms with van der Waals surface area (Å²) < 4.78 is 10.9. The molecular formula is C23H30ClN5O3S. The summed E-state index contributed by atoms with van der Waals surface area (Å²) in [6.45, 7) is 10.2. The highest BCUT2D eigenvalue weighted by Crippen LogP contribution is 2.29. The van der Waals surface area contributed by atoms with Gasteiger partial charge >= 0.3 is 0 Å². The normalized spacial score (nSPS) is 9.58. The minimum absolute atomic E-state index is 0.411. The number of aliphatic hydroxyl groups excluding tert-OH is 1. The van der Waals surface area contributed by atoms with Crippen LogP contribution < -0.4 is 0 Å². The second-order valence-corrected chi connectivity index (χ2v) is 7.43. The summed E-state index contributed by atoms with van der Waals surface area (Å²) in [6, 6.07) is 9.27. The van der Waals surface area contributed by atoms with Gasteiger partial charge in [-0.2, -0.15) is 4.98 Å². The van der Waals surface area contributed by atoms with Gasteiger partial charge in [0.25, 0.3) is 5.22 Å². The average molecular weight is 492 g/mol. The first-order valence-electron chi connectivity index (χ1n) is 10.5. The fourth-order valence-electron chi connectivity index (χ4n) is 2.24. The summed E-state index contributed by atoms with van der Waals surface area (Å²) in [7, 11) is 1.00. The lowest BCUT2D eigenvalue weighted by molar-refractivity contribution is 0.391. The van der Waals surface area contributed by atoms with E-state index in [1.54, 1.807) is 24.5 Å². The highest BCUT2D eigenvalue weighted by atomic mass is 35.5. The van der Waals surface area contributed by atoms with Gasteiger partial charge in [-0.15, -0.1) is 10.2 Å². The lowest BCUT2D eigenvalue weighted by atomic mass is 10.1. The molecule has 0 bridgehead atoms. The molecule has 0 unspecified atom stereocenters. The van der Waals surface area contributed by atoms with Crippen LogP contribution in [-0.2, 0) is 5.75 Å². The first-order valence-corrected chi connectivity index (χ1v) is 11.9. The second-order valence-electron chi connectivity index (χ2n) is 6.10. The first-order chi connectivity index (χ1) is 16.1. The van der Waals surface area contributed by atoms with E-state index in [2.05, 4.69) is 39.2 Å². The number of rotatable bonds is 5. The third-order valence-electron chi connectivity index (χ3n) is 3.48. The van der Waals surface area contributed by atoms with E-state index < -0.39 is 0 Å². The highest BCUT2D eigenvalue weighted by Gasteiger charge is 2.14. The molecule has 0 aliphatic heterocycles. The summed E-state index contributed by atoms with van der Waals surface area (Å²) >= 11 is 7.53. The van der Waals surface area contributed by atoms with Crippen LogP contribution in [0.5, 0.6) is 0 Å². The number of aryl methyl sites for hydroxylation is 1. The van der Waals surface area contributed by atoms with E-state index in [1.165, 1.54) is 18.2 Å². The number of aliphatic hydroxyl groups is 1. The maximum Gasteiger partial charge on any atom is 0.277 e. The average Bonchev–Trinajstić information content (AvgIpc) is 3.53. The van der Waals surface area contributed by atoms with Crippen molar-refractivity contribution in [2.45, 2.75) is 52.0 Å². The van der Waals surface area contributed by atoms with Crippen molar-refractivity contribution in [3.05, 3.63) is 59.2 Å². The van der Waals surface area contributed by atoms with Gasteiger partial charge in [0.05, 0.1) is 10.8 Å². The summed E-state index contributed by atoms with van der Waals surface area (Å²) in [5.41, 5.74) is 2.62. The zero-order chi connectivity index (χ0) is 24.6. The molecule has 0 radical (unpaired) electrons. The fourth-order valence-corrected chi connectivity index (χ4v) is 3.04. The molecule has 10 heteroatoms. The van der Waals surface area contributed by atoms with Crippen molar-refractivity contribution >= 4 is 23.4 Å². The van der Waals surface area contributed by atoms with Crippen LogP contribution in [0.3, 0.4) is 0 Å². The smallest absolute Gasteiger partial charge is 0.277 e. The van der Waals surface area contributed by atoms with Gasteiger partial charge in [0.15, 0.2) is 0 Å². The Hall–Kier alpha value is -2.75. The Morgan fingerprint density at radius 2 is 1.70 bits per heavy atom. The van der Waals surface area contributed by atoms with Crippen LogP contribution in [-0.4, -0.2) is 37.5 Å². The van der Waals surface area contributed by atoms with Crippen LogP contribution in [0.4, 0.5) is 0 Å². The van der Waals surface area contributed by atoms with Crippen molar-refractivity contribution in [1.29, 1.82) is 0 Å². The zero-order valence-corrected chi connectivity index (χ0v) is 21.3. The third-order valence-corrected chi connectivity index (χ3v) is 4.62. The number of halogens is 1. The van der Waals surface area contributed by atoms with Gasteiger partial charge in [-0.1, -0.05) is 74.3 Å². The molecule has 0 fully saturated rings. The van der Waals surface area contributed by atoms with Crippen LogP contribution >= 0.6 is 23.4 Å². The van der Waals surface area contributed by atoms with Crippen LogP contribution in [0.15, 0.2) is 56.9 Å². The SMILES string of the molecule is CC.CCC.CO.Cc1ccc(Cl)c(-c2noc(CSc3nnc(-c4ccncc4)o3)n2)c1. The Morgan fingerprint density at radius 3 is 2.36 bits per heavy atom. The number of thioether (sulfide) groups is 1. The van der Waals surface area contributed by atoms with E-state index >= 15 is 0 Å². The van der Waals surface area contributed by atoms with Crippen molar-refractivity contribution in [1.82, 2.24) is 25.3 Å². The van der Waals surface area contributed by atoms with E-state index in [1.807, 2.05) is 39.0 Å². The Kier molecular flexibility index (Phi) is 13.7. The molecule has 0 spiro atoms. The van der Waals surface area contributed by atoms with Crippen molar-refractivity contribution < 1.29 is 14.0 Å². The van der Waals surface area contributed by atoms with E-state index in [0.29, 0.717) is 33.6 Å². The Balaban J connectivity index is 0.000000705. The van der Waals surface area contributed by atoms with E-state index in [0.717, 1.165) is 23.8 Å². The molecule has 8 nitrogen and oxygen atoms in total. The van der Waals surface area contributed by atoms with Crippen LogP contribution in [0.25, 0.3) is 22.8 Å². The Labute approximate surface area is 203 Å². The molecule has 0 saturated heterocycles. The maximum absolute atomic E-state index is 7.00. The Morgan fingerprint density at radius 1 is 1.03 bits per heavy atom. The van der Waals surface area contributed by atoms with Crippen molar-refractivity contribution in [2.24, 2.45) is 0 Å². The highest BCUT2D eigenvalue weighted by molar-refractivity contribution is 7.98. The summed E-state index contributed by atoms with van der Waals surface area (Å²) in [6.07, 6.45) is 4.59. The molecule has 3 heterocycles. The van der Waals surface area contributed by atoms with Crippen LogP contribution in [0.2, 0.25) is 5.02 Å². The Bertz CT molecular complexity index is 1060. The van der Waals surface area contributed by atoms with Crippen molar-refractivity contribution in [2.75, 3.05) is 7.11 Å². The number of hydrogen-bond acceptors (Lipinski definition) is 9. The van der Waals surface area contributed by atoms with Gasteiger partial charge < -0.3 is 14.0 Å². The fraction of sp³-hybridized carbons (Fsp3) is 0.348. The van der Waals surface area contributed by atoms with Gasteiger partial charge in [0, 0.05) is 30.6 Å². The summed E-state index contributed by atoms with van der Waals surface area (Å²) in [4.78, 5) is 8.34. The lowest BCUT2D eigenvalue weighted by Gasteiger charge is -1.99. The van der Waals surface area contributed by atoms with E-state index in [9.17, 15) is 0 Å². The first kappa shape index (κ1) is 28.3. The second kappa shape index (κ2) is 16.0. The number of benzene rings is 1. The van der Waals surface area contributed by atoms with Gasteiger partial charge in [0.1, 0.15) is 0 Å². The minimum atomic E-state index is 0.411. The van der Waals surface area contributed by atoms with Gasteiger partial charge in [-0.05, 0) is 31.2 Å². The lowest BCUT2D eigenvalue weighted by Crippen LogP contribution is -1.85. The minimum Gasteiger partial charge on any atom is -0.411 e. The molecule has 0 aliphatic rings. The predicted octanol–water partition coefficient (Wildman–Crippen LogP) is 6.49. The van der Waals surface area contributed by atoms with E-state index in [4.69, 9.17) is 25.6 Å². The number of aromatic nitrogens is 5. The molecule has 33 heavy (non-hydrogen) atoms. The zero-order valence-electron chi connectivity index (χ0n) is 19.7. The van der Waals surface area contributed by atoms with Crippen LogP contribution in [0.1, 0.15) is 45.6 Å². The number of hydrogen-bond donors (Lipinski definition) is 1. The maximum atomic E-state index is 7.00. The number of pyridine rings is 1. The molecule has 4 aromatic rings. The van der Waals surface area contributed by atoms with Gasteiger partial charge in [-0.3, -0.25) is 4.98 Å². The molecular weight excluding hydrogens is 462 g/mol. The standard InChI is InChI=1S/C17H12ClN5O2S.C3H8.C2H6.CH4O/c1-10-2-3-13(18)12(8-10)15-20-14(25-23-15)9-26-17-22-21-16(24-17)11-4-6-19-7-5-11;1-3-2;2*1-2/h2-8H,9H2,1H3;3H2,1-2H3;1-2H3;2H,1H3. The molecule has 0 amide bonds. The molecule has 178 valence electrons.